The van der Waals surface area contributed by atoms with E-state index in [2.05, 4.69) is 20.8 Å². The van der Waals surface area contributed by atoms with Crippen molar-refractivity contribution in [2.24, 2.45) is 0 Å². The number of hydrogen-bond donors (Lipinski definition) is 2. The SMILES string of the molecule is O=C(CSc1nnc(C(=O)Nc2cccc(Cl)c2)s1)NCCc1ccco1. The first kappa shape index (κ1) is 19.4. The maximum absolute atomic E-state index is 12.2. The third-order valence-electron chi connectivity index (χ3n) is 3.28. The molecule has 0 fully saturated rings. The van der Waals surface area contributed by atoms with Crippen molar-refractivity contribution in [2.45, 2.75) is 10.8 Å². The van der Waals surface area contributed by atoms with Gasteiger partial charge in [0.15, 0.2) is 4.34 Å². The number of amides is 2. The molecule has 0 aliphatic rings. The van der Waals surface area contributed by atoms with Gasteiger partial charge in [-0.15, -0.1) is 10.2 Å². The lowest BCUT2D eigenvalue weighted by Crippen LogP contribution is -2.27. The fourth-order valence-electron chi connectivity index (χ4n) is 2.07. The summed E-state index contributed by atoms with van der Waals surface area (Å²) in [7, 11) is 0. The van der Waals surface area contributed by atoms with Gasteiger partial charge in [0.2, 0.25) is 10.9 Å². The zero-order valence-electron chi connectivity index (χ0n) is 14.0. The van der Waals surface area contributed by atoms with E-state index in [1.807, 2.05) is 12.1 Å². The highest BCUT2D eigenvalue weighted by molar-refractivity contribution is 8.01. The Morgan fingerprint density at radius 3 is 2.89 bits per heavy atom. The second-order valence-electron chi connectivity index (χ2n) is 5.31. The van der Waals surface area contributed by atoms with Gasteiger partial charge in [0.25, 0.3) is 5.91 Å². The Balaban J connectivity index is 1.43. The molecule has 2 N–H and O–H groups in total. The third kappa shape index (κ3) is 6.09. The summed E-state index contributed by atoms with van der Waals surface area (Å²) in [6.07, 6.45) is 2.23. The summed E-state index contributed by atoms with van der Waals surface area (Å²) in [6.45, 7) is 0.496. The summed E-state index contributed by atoms with van der Waals surface area (Å²) in [6, 6.07) is 10.5. The lowest BCUT2D eigenvalue weighted by atomic mass is 10.3. The van der Waals surface area contributed by atoms with Crippen LogP contribution in [-0.4, -0.2) is 34.3 Å². The monoisotopic (exact) mass is 422 g/mol. The molecule has 10 heteroatoms. The summed E-state index contributed by atoms with van der Waals surface area (Å²) >= 11 is 8.25. The molecule has 0 radical (unpaired) electrons. The molecule has 140 valence electrons. The maximum atomic E-state index is 12.2. The molecule has 0 atom stereocenters. The average Bonchev–Trinajstić information content (AvgIpc) is 3.32. The van der Waals surface area contributed by atoms with Crippen LogP contribution in [0.5, 0.6) is 0 Å². The average molecular weight is 423 g/mol. The van der Waals surface area contributed by atoms with Crippen LogP contribution in [-0.2, 0) is 11.2 Å². The van der Waals surface area contributed by atoms with Crippen LogP contribution in [0.4, 0.5) is 5.69 Å². The number of thioether (sulfide) groups is 1. The molecule has 7 nitrogen and oxygen atoms in total. The molecule has 0 spiro atoms. The van der Waals surface area contributed by atoms with Crippen LogP contribution < -0.4 is 10.6 Å². The molecule has 2 aromatic heterocycles. The number of nitrogens with zero attached hydrogens (tertiary/aromatic N) is 2. The molecule has 0 bridgehead atoms. The predicted octanol–water partition coefficient (Wildman–Crippen LogP) is 3.49. The number of furan rings is 1. The Morgan fingerprint density at radius 1 is 1.22 bits per heavy atom. The van der Waals surface area contributed by atoms with Crippen molar-refractivity contribution < 1.29 is 14.0 Å². The lowest BCUT2D eigenvalue weighted by molar-refractivity contribution is -0.118. The van der Waals surface area contributed by atoms with Crippen molar-refractivity contribution in [3.8, 4) is 0 Å². The van der Waals surface area contributed by atoms with Crippen LogP contribution in [0.3, 0.4) is 0 Å². The van der Waals surface area contributed by atoms with Crippen LogP contribution in [0.2, 0.25) is 5.02 Å². The van der Waals surface area contributed by atoms with E-state index >= 15 is 0 Å². The summed E-state index contributed by atoms with van der Waals surface area (Å²) in [5, 5.41) is 14.1. The first-order valence-electron chi connectivity index (χ1n) is 7.92. The van der Waals surface area contributed by atoms with Gasteiger partial charge in [-0.05, 0) is 30.3 Å². The van der Waals surface area contributed by atoms with E-state index in [9.17, 15) is 9.59 Å². The number of aromatic nitrogens is 2. The Bertz CT molecular complexity index is 915. The second-order valence-corrected chi connectivity index (χ2v) is 7.94. The smallest absolute Gasteiger partial charge is 0.286 e. The van der Waals surface area contributed by atoms with Crippen molar-refractivity contribution in [3.63, 3.8) is 0 Å². The molecule has 0 aliphatic carbocycles. The van der Waals surface area contributed by atoms with E-state index in [0.717, 1.165) is 17.1 Å². The third-order valence-corrected chi connectivity index (χ3v) is 5.57. The summed E-state index contributed by atoms with van der Waals surface area (Å²) in [5.74, 6) is 0.529. The van der Waals surface area contributed by atoms with Gasteiger partial charge in [-0.3, -0.25) is 9.59 Å². The van der Waals surface area contributed by atoms with Crippen molar-refractivity contribution in [3.05, 3.63) is 58.5 Å². The summed E-state index contributed by atoms with van der Waals surface area (Å²) < 4.78 is 5.75. The highest BCUT2D eigenvalue weighted by atomic mass is 35.5. The fraction of sp³-hybridized carbons (Fsp3) is 0.176. The predicted molar refractivity (Wildman–Crippen MR) is 105 cm³/mol. The van der Waals surface area contributed by atoms with Gasteiger partial charge in [-0.25, -0.2) is 0 Å². The molecule has 3 aromatic rings. The van der Waals surface area contributed by atoms with Gasteiger partial charge in [-0.2, -0.15) is 0 Å². The van der Waals surface area contributed by atoms with Crippen molar-refractivity contribution in [1.82, 2.24) is 15.5 Å². The summed E-state index contributed by atoms with van der Waals surface area (Å²) in [4.78, 5) is 24.0. The quantitative estimate of drug-likeness (QED) is 0.539. The molecule has 0 unspecified atom stereocenters. The second kappa shape index (κ2) is 9.54. The number of carbonyl (C=O) groups excluding carboxylic acids is 2. The van der Waals surface area contributed by atoms with E-state index in [4.69, 9.17) is 16.0 Å². The van der Waals surface area contributed by atoms with Gasteiger partial charge >= 0.3 is 0 Å². The fourth-order valence-corrected chi connectivity index (χ4v) is 3.84. The number of anilines is 1. The normalized spacial score (nSPS) is 10.6. The minimum atomic E-state index is -0.371. The Labute approximate surface area is 168 Å². The van der Waals surface area contributed by atoms with Gasteiger partial charge in [-0.1, -0.05) is 40.8 Å². The first-order chi connectivity index (χ1) is 13.1. The van der Waals surface area contributed by atoms with E-state index in [-0.39, 0.29) is 22.6 Å². The van der Waals surface area contributed by atoms with Crippen molar-refractivity contribution in [1.29, 1.82) is 0 Å². The maximum Gasteiger partial charge on any atom is 0.286 e. The van der Waals surface area contributed by atoms with Crippen molar-refractivity contribution >= 4 is 52.2 Å². The molecular weight excluding hydrogens is 408 g/mol. The van der Waals surface area contributed by atoms with Crippen LogP contribution in [0.15, 0.2) is 51.4 Å². The topological polar surface area (TPSA) is 97.1 Å². The Kier molecular flexibility index (Phi) is 6.86. The van der Waals surface area contributed by atoms with Gasteiger partial charge in [0.05, 0.1) is 12.0 Å². The van der Waals surface area contributed by atoms with E-state index in [1.54, 1.807) is 30.5 Å². The minimum absolute atomic E-state index is 0.119. The van der Waals surface area contributed by atoms with Crippen LogP contribution in [0, 0.1) is 0 Å². The molecule has 3 rings (SSSR count). The number of nitrogens with one attached hydrogen (secondary N) is 2. The number of carbonyl (C=O) groups is 2. The van der Waals surface area contributed by atoms with Crippen LogP contribution in [0.25, 0.3) is 0 Å². The highest BCUT2D eigenvalue weighted by Gasteiger charge is 2.14. The Hall–Kier alpha value is -2.36. The minimum Gasteiger partial charge on any atom is -0.469 e. The molecule has 1 aromatic carbocycles. The zero-order chi connectivity index (χ0) is 19.1. The molecule has 0 saturated heterocycles. The van der Waals surface area contributed by atoms with Crippen LogP contribution in [0.1, 0.15) is 15.6 Å². The number of rotatable bonds is 8. The highest BCUT2D eigenvalue weighted by Crippen LogP contribution is 2.23. The molecule has 0 aliphatic heterocycles. The first-order valence-corrected chi connectivity index (χ1v) is 10.1. The number of benzene rings is 1. The zero-order valence-corrected chi connectivity index (χ0v) is 16.4. The van der Waals surface area contributed by atoms with E-state index < -0.39 is 0 Å². The number of halogens is 1. The van der Waals surface area contributed by atoms with Crippen LogP contribution >= 0.6 is 34.7 Å². The Morgan fingerprint density at radius 2 is 2.11 bits per heavy atom. The molecular formula is C17H15ClN4O3S2. The van der Waals surface area contributed by atoms with E-state index in [0.29, 0.717) is 28.0 Å². The van der Waals surface area contributed by atoms with Gasteiger partial charge in [0, 0.05) is 23.7 Å². The van der Waals surface area contributed by atoms with Gasteiger partial charge < -0.3 is 15.1 Å². The number of hydrogen-bond acceptors (Lipinski definition) is 7. The molecule has 2 amide bonds. The summed E-state index contributed by atoms with van der Waals surface area (Å²) in [5.41, 5.74) is 0.577. The molecule has 27 heavy (non-hydrogen) atoms. The molecule has 2 heterocycles. The lowest BCUT2D eigenvalue weighted by Gasteiger charge is -2.02. The van der Waals surface area contributed by atoms with E-state index in [1.165, 1.54) is 11.8 Å². The molecule has 0 saturated carbocycles. The van der Waals surface area contributed by atoms with Crippen molar-refractivity contribution in [2.75, 3.05) is 17.6 Å². The largest absolute Gasteiger partial charge is 0.469 e. The van der Waals surface area contributed by atoms with Gasteiger partial charge in [0.1, 0.15) is 5.76 Å². The standard InChI is InChI=1S/C17H15ClN4O3S2/c18-11-3-1-4-12(9-11)20-15(24)16-21-22-17(27-16)26-10-14(23)19-7-6-13-5-2-8-25-13/h1-5,8-9H,6-7,10H2,(H,19,23)(H,20,24).